The van der Waals surface area contributed by atoms with Crippen LogP contribution in [0.2, 0.25) is 0 Å². The van der Waals surface area contributed by atoms with E-state index in [1.54, 1.807) is 13.0 Å². The molecular formula is C10H17NO2. The molecule has 0 aromatic carbocycles. The van der Waals surface area contributed by atoms with Crippen molar-refractivity contribution < 1.29 is 9.90 Å². The third-order valence-electron chi connectivity index (χ3n) is 2.57. The van der Waals surface area contributed by atoms with Crippen molar-refractivity contribution >= 4 is 5.97 Å². The van der Waals surface area contributed by atoms with E-state index in [0.717, 1.165) is 18.4 Å². The maximum atomic E-state index is 10.4. The smallest absolute Gasteiger partial charge is 0.330 e. The van der Waals surface area contributed by atoms with E-state index in [-0.39, 0.29) is 0 Å². The second-order valence-corrected chi connectivity index (χ2v) is 3.82. The normalized spacial score (nSPS) is 27.4. The molecule has 0 aliphatic heterocycles. The maximum Gasteiger partial charge on any atom is 0.330 e. The fraction of sp³-hybridized carbons (Fsp3) is 0.700. The summed E-state index contributed by atoms with van der Waals surface area (Å²) in [4.78, 5) is 10.4. The van der Waals surface area contributed by atoms with Gasteiger partial charge in [-0.1, -0.05) is 13.0 Å². The van der Waals surface area contributed by atoms with Gasteiger partial charge in [-0.3, -0.25) is 0 Å². The molecule has 1 aliphatic rings. The van der Waals surface area contributed by atoms with Crippen LogP contribution in [0.4, 0.5) is 0 Å². The molecule has 3 nitrogen and oxygen atoms in total. The number of aliphatic carboxylic acids is 1. The summed E-state index contributed by atoms with van der Waals surface area (Å²) in [7, 11) is 0. The number of rotatable bonds is 5. The van der Waals surface area contributed by atoms with Crippen LogP contribution in [0.15, 0.2) is 11.6 Å². The van der Waals surface area contributed by atoms with E-state index >= 15 is 0 Å². The van der Waals surface area contributed by atoms with E-state index in [1.165, 1.54) is 6.42 Å². The Kier molecular flexibility index (Phi) is 3.48. The monoisotopic (exact) mass is 183 g/mol. The van der Waals surface area contributed by atoms with Crippen molar-refractivity contribution in [1.82, 2.24) is 5.32 Å². The van der Waals surface area contributed by atoms with Gasteiger partial charge in [-0.25, -0.2) is 4.79 Å². The zero-order valence-corrected chi connectivity index (χ0v) is 8.21. The lowest BCUT2D eigenvalue weighted by Crippen LogP contribution is -2.18. The number of carboxylic acids is 1. The SMILES string of the molecule is C/C(=C/CNCC1CC1C)C(=O)O. The van der Waals surface area contributed by atoms with E-state index < -0.39 is 5.97 Å². The molecule has 0 radical (unpaired) electrons. The molecule has 13 heavy (non-hydrogen) atoms. The molecule has 2 unspecified atom stereocenters. The van der Waals surface area contributed by atoms with Crippen molar-refractivity contribution in [3.63, 3.8) is 0 Å². The van der Waals surface area contributed by atoms with Gasteiger partial charge < -0.3 is 10.4 Å². The van der Waals surface area contributed by atoms with Crippen molar-refractivity contribution in [2.24, 2.45) is 11.8 Å². The van der Waals surface area contributed by atoms with Crippen LogP contribution in [0.5, 0.6) is 0 Å². The Balaban J connectivity index is 2.06. The summed E-state index contributed by atoms with van der Waals surface area (Å²) in [5.41, 5.74) is 0.413. The zero-order chi connectivity index (χ0) is 9.84. The summed E-state index contributed by atoms with van der Waals surface area (Å²) < 4.78 is 0. The quantitative estimate of drug-likeness (QED) is 0.498. The summed E-state index contributed by atoms with van der Waals surface area (Å²) >= 11 is 0. The van der Waals surface area contributed by atoms with Crippen molar-refractivity contribution in [2.75, 3.05) is 13.1 Å². The van der Waals surface area contributed by atoms with Crippen LogP contribution in [0.1, 0.15) is 20.3 Å². The van der Waals surface area contributed by atoms with Gasteiger partial charge in [0.25, 0.3) is 0 Å². The highest BCUT2D eigenvalue weighted by atomic mass is 16.4. The predicted octanol–water partition coefficient (Wildman–Crippen LogP) is 1.26. The van der Waals surface area contributed by atoms with Crippen molar-refractivity contribution in [1.29, 1.82) is 0 Å². The number of hydrogen-bond donors (Lipinski definition) is 2. The van der Waals surface area contributed by atoms with Gasteiger partial charge in [0.05, 0.1) is 0 Å². The van der Waals surface area contributed by atoms with Gasteiger partial charge in [0.1, 0.15) is 0 Å². The van der Waals surface area contributed by atoms with Crippen molar-refractivity contribution in [2.45, 2.75) is 20.3 Å². The Labute approximate surface area is 78.8 Å². The lowest BCUT2D eigenvalue weighted by Gasteiger charge is -1.99. The van der Waals surface area contributed by atoms with E-state index in [9.17, 15) is 4.79 Å². The molecule has 2 N–H and O–H groups in total. The number of hydrogen-bond acceptors (Lipinski definition) is 2. The molecular weight excluding hydrogens is 166 g/mol. The largest absolute Gasteiger partial charge is 0.478 e. The first-order valence-electron chi connectivity index (χ1n) is 4.72. The first kappa shape index (κ1) is 10.3. The van der Waals surface area contributed by atoms with Crippen molar-refractivity contribution in [3.8, 4) is 0 Å². The molecule has 1 rings (SSSR count). The number of carbonyl (C=O) groups is 1. The summed E-state index contributed by atoms with van der Waals surface area (Å²) in [5, 5.41) is 11.8. The molecule has 0 spiro atoms. The Bertz CT molecular complexity index is 223. The fourth-order valence-electron chi connectivity index (χ4n) is 1.26. The number of nitrogens with one attached hydrogen (secondary N) is 1. The van der Waals surface area contributed by atoms with Crippen LogP contribution < -0.4 is 5.32 Å². The third-order valence-corrected chi connectivity index (χ3v) is 2.57. The average molecular weight is 183 g/mol. The van der Waals surface area contributed by atoms with Crippen LogP contribution in [-0.4, -0.2) is 24.2 Å². The highest BCUT2D eigenvalue weighted by Gasteiger charge is 2.31. The van der Waals surface area contributed by atoms with Crippen LogP contribution in [-0.2, 0) is 4.79 Å². The fourth-order valence-corrected chi connectivity index (χ4v) is 1.26. The van der Waals surface area contributed by atoms with Crippen LogP contribution in [0, 0.1) is 11.8 Å². The van der Waals surface area contributed by atoms with E-state index in [1.807, 2.05) is 0 Å². The van der Waals surface area contributed by atoms with Crippen molar-refractivity contribution in [3.05, 3.63) is 11.6 Å². The molecule has 0 aromatic heterocycles. The molecule has 0 aromatic rings. The minimum absolute atomic E-state index is 0.413. The molecule has 0 heterocycles. The van der Waals surface area contributed by atoms with Crippen LogP contribution in [0.25, 0.3) is 0 Å². The molecule has 2 atom stereocenters. The molecule has 0 amide bonds. The minimum atomic E-state index is -0.832. The van der Waals surface area contributed by atoms with Gasteiger partial charge in [-0.15, -0.1) is 0 Å². The third kappa shape index (κ3) is 3.59. The summed E-state index contributed by atoms with van der Waals surface area (Å²) in [6, 6.07) is 0. The zero-order valence-electron chi connectivity index (χ0n) is 8.21. The molecule has 0 bridgehead atoms. The molecule has 0 saturated heterocycles. The standard InChI is InChI=1S/C10H17NO2/c1-7(10(12)13)3-4-11-6-9-5-8(9)2/h3,8-9,11H,4-6H2,1-2H3,(H,12,13)/b7-3-. The molecule has 1 aliphatic carbocycles. The maximum absolute atomic E-state index is 10.4. The first-order valence-corrected chi connectivity index (χ1v) is 4.72. The summed E-state index contributed by atoms with van der Waals surface area (Å²) in [5.74, 6) is 0.845. The van der Waals surface area contributed by atoms with Gasteiger partial charge in [-0.2, -0.15) is 0 Å². The second-order valence-electron chi connectivity index (χ2n) is 3.82. The summed E-state index contributed by atoms with van der Waals surface area (Å²) in [6.07, 6.45) is 3.03. The van der Waals surface area contributed by atoms with E-state index in [0.29, 0.717) is 12.1 Å². The van der Waals surface area contributed by atoms with Gasteiger partial charge in [0.15, 0.2) is 0 Å². The van der Waals surface area contributed by atoms with Gasteiger partial charge in [-0.05, 0) is 31.7 Å². The number of carboxylic acid groups (broad SMARTS) is 1. The lowest BCUT2D eigenvalue weighted by molar-refractivity contribution is -0.132. The predicted molar refractivity (Wildman–Crippen MR) is 51.5 cm³/mol. The Morgan fingerprint density at radius 2 is 2.31 bits per heavy atom. The van der Waals surface area contributed by atoms with Gasteiger partial charge in [0.2, 0.25) is 0 Å². The molecule has 74 valence electrons. The molecule has 1 fully saturated rings. The minimum Gasteiger partial charge on any atom is -0.478 e. The molecule has 1 saturated carbocycles. The van der Waals surface area contributed by atoms with Gasteiger partial charge in [0, 0.05) is 12.1 Å². The highest BCUT2D eigenvalue weighted by molar-refractivity contribution is 5.85. The highest BCUT2D eigenvalue weighted by Crippen LogP contribution is 2.36. The van der Waals surface area contributed by atoms with Gasteiger partial charge >= 0.3 is 5.97 Å². The van der Waals surface area contributed by atoms with Crippen LogP contribution in [0.3, 0.4) is 0 Å². The van der Waals surface area contributed by atoms with E-state index in [2.05, 4.69) is 12.2 Å². The summed E-state index contributed by atoms with van der Waals surface area (Å²) in [6.45, 7) is 5.54. The average Bonchev–Trinajstić information content (AvgIpc) is 2.75. The Hall–Kier alpha value is -0.830. The lowest BCUT2D eigenvalue weighted by atomic mass is 10.3. The topological polar surface area (TPSA) is 49.3 Å². The van der Waals surface area contributed by atoms with E-state index in [4.69, 9.17) is 5.11 Å². The Morgan fingerprint density at radius 1 is 1.69 bits per heavy atom. The van der Waals surface area contributed by atoms with Crippen LogP contribution >= 0.6 is 0 Å². The molecule has 3 heteroatoms. The second kappa shape index (κ2) is 4.42. The first-order chi connectivity index (χ1) is 6.11. The Morgan fingerprint density at radius 3 is 2.77 bits per heavy atom.